The molecule has 7 heteroatoms. The van der Waals surface area contributed by atoms with Gasteiger partial charge < -0.3 is 14.7 Å². The second kappa shape index (κ2) is 7.90. The topological polar surface area (TPSA) is 65.5 Å². The van der Waals surface area contributed by atoms with E-state index in [2.05, 4.69) is 44.0 Å². The predicted molar refractivity (Wildman–Crippen MR) is 105 cm³/mol. The van der Waals surface area contributed by atoms with E-state index in [9.17, 15) is 4.79 Å². The van der Waals surface area contributed by atoms with Crippen molar-refractivity contribution in [2.75, 3.05) is 49.1 Å². The number of carbonyl (C=O) groups is 1. The van der Waals surface area contributed by atoms with Gasteiger partial charge in [-0.1, -0.05) is 6.92 Å². The molecule has 1 amide bonds. The molecule has 0 bridgehead atoms. The molecule has 7 nitrogen and oxygen atoms in total. The van der Waals surface area contributed by atoms with Crippen molar-refractivity contribution in [2.24, 2.45) is 5.92 Å². The highest BCUT2D eigenvalue weighted by molar-refractivity contribution is 5.94. The van der Waals surface area contributed by atoms with Crippen LogP contribution in [-0.2, 0) is 0 Å². The Morgan fingerprint density at radius 3 is 2.11 bits per heavy atom. The molecular formula is C20H26N6O. The summed E-state index contributed by atoms with van der Waals surface area (Å²) in [6.07, 6.45) is 5.74. The molecule has 4 rings (SSSR count). The van der Waals surface area contributed by atoms with Crippen molar-refractivity contribution in [2.45, 2.75) is 19.8 Å². The molecule has 2 aromatic heterocycles. The number of piperidine rings is 1. The van der Waals surface area contributed by atoms with Gasteiger partial charge in [0, 0.05) is 51.7 Å². The molecule has 2 aliphatic rings. The van der Waals surface area contributed by atoms with E-state index < -0.39 is 0 Å². The number of amides is 1. The molecule has 0 atom stereocenters. The number of hydrogen-bond donors (Lipinski definition) is 0. The minimum absolute atomic E-state index is 0.0449. The molecule has 0 radical (unpaired) electrons. The van der Waals surface area contributed by atoms with Crippen LogP contribution < -0.4 is 9.80 Å². The largest absolute Gasteiger partial charge is 0.355 e. The number of pyridine rings is 1. The molecule has 0 aliphatic carbocycles. The highest BCUT2D eigenvalue weighted by Crippen LogP contribution is 2.22. The van der Waals surface area contributed by atoms with Crippen LogP contribution in [0, 0.1) is 5.92 Å². The van der Waals surface area contributed by atoms with E-state index in [1.165, 1.54) is 12.8 Å². The van der Waals surface area contributed by atoms with Crippen LogP contribution in [0.4, 0.5) is 11.6 Å². The van der Waals surface area contributed by atoms with Gasteiger partial charge in [-0.25, -0.2) is 0 Å². The van der Waals surface area contributed by atoms with Crippen LogP contribution >= 0.6 is 0 Å². The van der Waals surface area contributed by atoms with Crippen molar-refractivity contribution in [1.82, 2.24) is 20.1 Å². The van der Waals surface area contributed by atoms with Crippen LogP contribution in [0.3, 0.4) is 0 Å². The fraction of sp³-hybridized carbons (Fsp3) is 0.500. The summed E-state index contributed by atoms with van der Waals surface area (Å²) in [6, 6.07) is 7.74. The van der Waals surface area contributed by atoms with E-state index in [1.54, 1.807) is 18.5 Å². The van der Waals surface area contributed by atoms with Crippen LogP contribution in [0.15, 0.2) is 36.7 Å². The highest BCUT2D eigenvalue weighted by atomic mass is 16.2. The molecule has 0 aromatic carbocycles. The van der Waals surface area contributed by atoms with E-state index >= 15 is 0 Å². The fourth-order valence-corrected chi connectivity index (χ4v) is 3.70. The predicted octanol–water partition coefficient (Wildman–Crippen LogP) is 2.07. The number of rotatable bonds is 3. The molecule has 4 heterocycles. The standard InChI is InChI=1S/C20H26N6O/c1-16-6-9-24(10-7-16)18-4-5-19(23-22-18)25-11-13-26(14-12-25)20(27)17-3-2-8-21-15-17/h2-5,8,15-16H,6-7,9-14H2,1H3. The average Bonchev–Trinajstić information content (AvgIpc) is 2.75. The molecule has 0 spiro atoms. The third-order valence-electron chi connectivity index (χ3n) is 5.54. The van der Waals surface area contributed by atoms with Crippen LogP contribution in [-0.4, -0.2) is 65.3 Å². The Morgan fingerprint density at radius 2 is 1.56 bits per heavy atom. The van der Waals surface area contributed by atoms with Gasteiger partial charge in [-0.2, -0.15) is 0 Å². The second-order valence-electron chi connectivity index (χ2n) is 7.44. The van der Waals surface area contributed by atoms with Gasteiger partial charge >= 0.3 is 0 Å². The minimum Gasteiger partial charge on any atom is -0.355 e. The zero-order chi connectivity index (χ0) is 18.6. The van der Waals surface area contributed by atoms with Gasteiger partial charge in [-0.15, -0.1) is 10.2 Å². The molecule has 142 valence electrons. The van der Waals surface area contributed by atoms with Gasteiger partial charge in [0.2, 0.25) is 0 Å². The summed E-state index contributed by atoms with van der Waals surface area (Å²) in [7, 11) is 0. The van der Waals surface area contributed by atoms with Crippen molar-refractivity contribution >= 4 is 17.5 Å². The summed E-state index contributed by atoms with van der Waals surface area (Å²) in [4.78, 5) is 22.9. The molecule has 0 N–H and O–H groups in total. The van der Waals surface area contributed by atoms with Gasteiger partial charge in [0.1, 0.15) is 0 Å². The van der Waals surface area contributed by atoms with Crippen molar-refractivity contribution in [1.29, 1.82) is 0 Å². The normalized spacial score (nSPS) is 18.6. The number of anilines is 2. The minimum atomic E-state index is 0.0449. The van der Waals surface area contributed by atoms with Gasteiger partial charge in [-0.3, -0.25) is 9.78 Å². The molecule has 2 aliphatic heterocycles. The Hall–Kier alpha value is -2.70. The van der Waals surface area contributed by atoms with Gasteiger partial charge in [0.15, 0.2) is 11.6 Å². The fourth-order valence-electron chi connectivity index (χ4n) is 3.70. The highest BCUT2D eigenvalue weighted by Gasteiger charge is 2.23. The molecule has 0 unspecified atom stereocenters. The van der Waals surface area contributed by atoms with Crippen molar-refractivity contribution in [3.05, 3.63) is 42.2 Å². The first kappa shape index (κ1) is 17.7. The summed E-state index contributed by atoms with van der Waals surface area (Å²) >= 11 is 0. The third kappa shape index (κ3) is 4.02. The number of aromatic nitrogens is 3. The number of hydrogen-bond acceptors (Lipinski definition) is 6. The first-order valence-corrected chi connectivity index (χ1v) is 9.73. The Balaban J connectivity index is 1.34. The van der Waals surface area contributed by atoms with Crippen LogP contribution in [0.2, 0.25) is 0 Å². The summed E-state index contributed by atoms with van der Waals surface area (Å²) in [6.45, 7) is 7.32. The third-order valence-corrected chi connectivity index (χ3v) is 5.54. The van der Waals surface area contributed by atoms with Gasteiger partial charge in [-0.05, 0) is 43.0 Å². The summed E-state index contributed by atoms with van der Waals surface area (Å²) in [5.74, 6) is 2.70. The zero-order valence-electron chi connectivity index (χ0n) is 15.8. The Labute approximate surface area is 160 Å². The lowest BCUT2D eigenvalue weighted by molar-refractivity contribution is 0.0746. The van der Waals surface area contributed by atoms with Crippen LogP contribution in [0.25, 0.3) is 0 Å². The van der Waals surface area contributed by atoms with E-state index in [4.69, 9.17) is 0 Å². The van der Waals surface area contributed by atoms with E-state index in [1.807, 2.05) is 11.0 Å². The van der Waals surface area contributed by atoms with Gasteiger partial charge in [0.25, 0.3) is 5.91 Å². The van der Waals surface area contributed by atoms with Crippen LogP contribution in [0.1, 0.15) is 30.1 Å². The Bertz CT molecular complexity index is 750. The number of nitrogens with zero attached hydrogens (tertiary/aromatic N) is 6. The van der Waals surface area contributed by atoms with Crippen molar-refractivity contribution in [3.8, 4) is 0 Å². The maximum atomic E-state index is 12.5. The smallest absolute Gasteiger partial charge is 0.255 e. The van der Waals surface area contributed by atoms with E-state index in [0.29, 0.717) is 18.7 Å². The lowest BCUT2D eigenvalue weighted by Gasteiger charge is -2.35. The number of piperazine rings is 1. The molecule has 2 aromatic rings. The Morgan fingerprint density at radius 1 is 0.926 bits per heavy atom. The summed E-state index contributed by atoms with van der Waals surface area (Å²) < 4.78 is 0. The quantitative estimate of drug-likeness (QED) is 0.829. The maximum Gasteiger partial charge on any atom is 0.255 e. The van der Waals surface area contributed by atoms with Crippen molar-refractivity contribution in [3.63, 3.8) is 0 Å². The Kier molecular flexibility index (Phi) is 5.18. The van der Waals surface area contributed by atoms with Crippen LogP contribution in [0.5, 0.6) is 0 Å². The maximum absolute atomic E-state index is 12.5. The molecular weight excluding hydrogens is 340 g/mol. The lowest BCUT2D eigenvalue weighted by Crippen LogP contribution is -2.49. The lowest BCUT2D eigenvalue weighted by atomic mass is 9.99. The first-order chi connectivity index (χ1) is 13.2. The van der Waals surface area contributed by atoms with Crippen molar-refractivity contribution < 1.29 is 4.79 Å². The number of carbonyl (C=O) groups excluding carboxylic acids is 1. The molecule has 27 heavy (non-hydrogen) atoms. The van der Waals surface area contributed by atoms with E-state index in [-0.39, 0.29) is 5.91 Å². The zero-order valence-corrected chi connectivity index (χ0v) is 15.8. The molecule has 0 saturated carbocycles. The SMILES string of the molecule is CC1CCN(c2ccc(N3CCN(C(=O)c4cccnc4)CC3)nn2)CC1. The summed E-state index contributed by atoms with van der Waals surface area (Å²) in [5, 5.41) is 8.90. The molecule has 2 saturated heterocycles. The monoisotopic (exact) mass is 366 g/mol. The van der Waals surface area contributed by atoms with E-state index in [0.717, 1.165) is 43.7 Å². The average molecular weight is 366 g/mol. The first-order valence-electron chi connectivity index (χ1n) is 9.73. The van der Waals surface area contributed by atoms with Gasteiger partial charge in [0.05, 0.1) is 5.56 Å². The summed E-state index contributed by atoms with van der Waals surface area (Å²) in [5.41, 5.74) is 0.644. The molecule has 2 fully saturated rings. The second-order valence-corrected chi connectivity index (χ2v) is 7.44.